The highest BCUT2D eigenvalue weighted by Gasteiger charge is 2.30. The molecule has 2 N–H and O–H groups in total. The number of nitrogens with zero attached hydrogens (tertiary/aromatic N) is 2. The molecule has 6 nitrogen and oxygen atoms in total. The lowest BCUT2D eigenvalue weighted by atomic mass is 10.1. The van der Waals surface area contributed by atoms with Gasteiger partial charge in [0.1, 0.15) is 4.88 Å². The van der Waals surface area contributed by atoms with Gasteiger partial charge in [-0.1, -0.05) is 0 Å². The predicted molar refractivity (Wildman–Crippen MR) is 79.2 cm³/mol. The lowest BCUT2D eigenvalue weighted by molar-refractivity contribution is -0.146. The molecule has 0 saturated carbocycles. The number of carbonyl (C=O) groups excluding carboxylic acids is 1. The van der Waals surface area contributed by atoms with E-state index in [9.17, 15) is 9.59 Å². The molecule has 0 aromatic carbocycles. The van der Waals surface area contributed by atoms with Crippen LogP contribution in [-0.4, -0.2) is 26.8 Å². The van der Waals surface area contributed by atoms with Crippen LogP contribution in [-0.2, 0) is 10.3 Å². The highest BCUT2D eigenvalue weighted by atomic mass is 79.9. The van der Waals surface area contributed by atoms with Gasteiger partial charge in [0.25, 0.3) is 5.91 Å². The highest BCUT2D eigenvalue weighted by Crippen LogP contribution is 2.24. The zero-order valence-electron chi connectivity index (χ0n) is 10.8. The number of carboxylic acids is 1. The molecule has 0 aliphatic rings. The molecular formula is C12H12BrN3O3S. The fraction of sp³-hybridized carbons (Fsp3) is 0.250. The van der Waals surface area contributed by atoms with Gasteiger partial charge in [0.2, 0.25) is 0 Å². The highest BCUT2D eigenvalue weighted by molar-refractivity contribution is 9.10. The minimum Gasteiger partial charge on any atom is -0.479 e. The maximum Gasteiger partial charge on any atom is 0.331 e. The van der Waals surface area contributed by atoms with E-state index in [2.05, 4.69) is 26.3 Å². The van der Waals surface area contributed by atoms with E-state index in [1.54, 1.807) is 11.4 Å². The Morgan fingerprint density at radius 2 is 2.20 bits per heavy atom. The Labute approximate surface area is 127 Å². The SMILES string of the molecule is CC(C)(C(=O)O)n1cc(NC(=O)c2sccc2Br)cn1. The third-order valence-corrected chi connectivity index (χ3v) is 4.60. The molecule has 0 aliphatic heterocycles. The number of thiophene rings is 1. The normalized spacial score (nSPS) is 11.3. The van der Waals surface area contributed by atoms with E-state index in [1.807, 2.05) is 0 Å². The topological polar surface area (TPSA) is 84.2 Å². The van der Waals surface area contributed by atoms with Gasteiger partial charge in [-0.2, -0.15) is 5.10 Å². The minimum atomic E-state index is -1.17. The van der Waals surface area contributed by atoms with Crippen LogP contribution in [0.25, 0.3) is 0 Å². The number of anilines is 1. The summed E-state index contributed by atoms with van der Waals surface area (Å²) in [7, 11) is 0. The molecule has 0 saturated heterocycles. The van der Waals surface area contributed by atoms with Crippen LogP contribution in [0.2, 0.25) is 0 Å². The van der Waals surface area contributed by atoms with Gasteiger partial charge >= 0.3 is 5.97 Å². The second kappa shape index (κ2) is 5.37. The molecule has 0 radical (unpaired) electrons. The van der Waals surface area contributed by atoms with Gasteiger partial charge in [0.05, 0.1) is 11.9 Å². The van der Waals surface area contributed by atoms with E-state index < -0.39 is 11.5 Å². The summed E-state index contributed by atoms with van der Waals surface area (Å²) < 4.78 is 2.02. The Morgan fingerprint density at radius 3 is 2.75 bits per heavy atom. The molecule has 8 heteroatoms. The molecule has 2 aromatic heterocycles. The largest absolute Gasteiger partial charge is 0.479 e. The maximum absolute atomic E-state index is 12.0. The number of halogens is 1. The molecule has 0 bridgehead atoms. The first-order valence-corrected chi connectivity index (χ1v) is 7.32. The number of amides is 1. The summed E-state index contributed by atoms with van der Waals surface area (Å²) in [6.45, 7) is 3.06. The van der Waals surface area contributed by atoms with Crippen LogP contribution >= 0.6 is 27.3 Å². The summed E-state index contributed by atoms with van der Waals surface area (Å²) >= 11 is 4.60. The molecule has 2 rings (SSSR count). The molecule has 106 valence electrons. The fourth-order valence-electron chi connectivity index (χ4n) is 1.43. The van der Waals surface area contributed by atoms with Crippen molar-refractivity contribution in [3.8, 4) is 0 Å². The van der Waals surface area contributed by atoms with Crippen LogP contribution in [0.5, 0.6) is 0 Å². The third-order valence-electron chi connectivity index (χ3n) is 2.76. The zero-order chi connectivity index (χ0) is 14.9. The van der Waals surface area contributed by atoms with Gasteiger partial charge in [0, 0.05) is 10.7 Å². The molecular weight excluding hydrogens is 346 g/mol. The summed E-state index contributed by atoms with van der Waals surface area (Å²) in [6.07, 6.45) is 2.91. The second-order valence-electron chi connectivity index (χ2n) is 4.59. The second-order valence-corrected chi connectivity index (χ2v) is 6.36. The molecule has 0 spiro atoms. The van der Waals surface area contributed by atoms with Crippen molar-refractivity contribution in [2.75, 3.05) is 5.32 Å². The first kappa shape index (κ1) is 14.7. The summed E-state index contributed by atoms with van der Waals surface area (Å²) in [6, 6.07) is 1.79. The summed E-state index contributed by atoms with van der Waals surface area (Å²) in [4.78, 5) is 23.7. The third kappa shape index (κ3) is 2.75. The van der Waals surface area contributed by atoms with Crippen molar-refractivity contribution in [1.29, 1.82) is 0 Å². The summed E-state index contributed by atoms with van der Waals surface area (Å²) in [5, 5.41) is 17.6. The van der Waals surface area contributed by atoms with Crippen LogP contribution in [0.15, 0.2) is 28.3 Å². The standard InChI is InChI=1S/C12H12BrN3O3S/c1-12(2,11(18)19)16-6-7(5-14-16)15-10(17)9-8(13)3-4-20-9/h3-6H,1-2H3,(H,15,17)(H,18,19). The van der Waals surface area contributed by atoms with Crippen LogP contribution < -0.4 is 5.32 Å². The molecule has 0 unspecified atom stereocenters. The van der Waals surface area contributed by atoms with Gasteiger partial charge in [-0.25, -0.2) is 4.79 Å². The summed E-state index contributed by atoms with van der Waals surface area (Å²) in [5.74, 6) is -1.26. The van der Waals surface area contributed by atoms with Crippen molar-refractivity contribution in [3.05, 3.63) is 33.2 Å². The smallest absolute Gasteiger partial charge is 0.331 e. The molecule has 0 atom stereocenters. The van der Waals surface area contributed by atoms with Gasteiger partial charge in [-0.05, 0) is 41.2 Å². The Bertz CT molecular complexity index is 662. The predicted octanol–water partition coefficient (Wildman–Crippen LogP) is 2.78. The summed E-state index contributed by atoms with van der Waals surface area (Å²) in [5.41, 5.74) is -0.725. The zero-order valence-corrected chi connectivity index (χ0v) is 13.2. The van der Waals surface area contributed by atoms with Gasteiger partial charge in [0.15, 0.2) is 5.54 Å². The molecule has 0 fully saturated rings. The molecule has 0 aliphatic carbocycles. The number of nitrogens with one attached hydrogen (secondary N) is 1. The Morgan fingerprint density at radius 1 is 1.50 bits per heavy atom. The van der Waals surface area contributed by atoms with Crippen LogP contribution in [0, 0.1) is 0 Å². The quantitative estimate of drug-likeness (QED) is 0.880. The lowest BCUT2D eigenvalue weighted by Gasteiger charge is -2.19. The maximum atomic E-state index is 12.0. The minimum absolute atomic E-state index is 0.264. The number of carbonyl (C=O) groups is 2. The van der Waals surface area contributed by atoms with Crippen molar-refractivity contribution in [2.24, 2.45) is 0 Å². The number of carboxylic acid groups (broad SMARTS) is 1. The first-order chi connectivity index (χ1) is 9.32. The van der Waals surface area contributed by atoms with E-state index in [1.165, 1.54) is 42.3 Å². The molecule has 2 aromatic rings. The number of rotatable bonds is 4. The number of aromatic nitrogens is 2. The van der Waals surface area contributed by atoms with Crippen molar-refractivity contribution in [3.63, 3.8) is 0 Å². The number of aliphatic carboxylic acids is 1. The Kier molecular flexibility index (Phi) is 3.96. The average Bonchev–Trinajstić information content (AvgIpc) is 2.97. The Hall–Kier alpha value is -1.67. The monoisotopic (exact) mass is 357 g/mol. The lowest BCUT2D eigenvalue weighted by Crippen LogP contribution is -2.35. The van der Waals surface area contributed by atoms with Crippen LogP contribution in [0.1, 0.15) is 23.5 Å². The van der Waals surface area contributed by atoms with E-state index in [0.29, 0.717) is 10.6 Å². The molecule has 20 heavy (non-hydrogen) atoms. The fourth-order valence-corrected chi connectivity index (χ4v) is 2.88. The van der Waals surface area contributed by atoms with Gasteiger partial charge < -0.3 is 10.4 Å². The molecule has 1 amide bonds. The van der Waals surface area contributed by atoms with Gasteiger partial charge in [-0.3, -0.25) is 9.48 Å². The molecule has 2 heterocycles. The van der Waals surface area contributed by atoms with Crippen LogP contribution in [0.4, 0.5) is 5.69 Å². The van der Waals surface area contributed by atoms with Crippen molar-refractivity contribution < 1.29 is 14.7 Å². The Balaban J connectivity index is 2.17. The average molecular weight is 358 g/mol. The van der Waals surface area contributed by atoms with E-state index in [0.717, 1.165) is 4.47 Å². The van der Waals surface area contributed by atoms with E-state index in [-0.39, 0.29) is 5.91 Å². The van der Waals surface area contributed by atoms with Crippen molar-refractivity contribution in [1.82, 2.24) is 9.78 Å². The van der Waals surface area contributed by atoms with Crippen molar-refractivity contribution >= 4 is 44.8 Å². The van der Waals surface area contributed by atoms with E-state index in [4.69, 9.17) is 5.11 Å². The number of hydrogen-bond donors (Lipinski definition) is 2. The van der Waals surface area contributed by atoms with Crippen molar-refractivity contribution in [2.45, 2.75) is 19.4 Å². The first-order valence-electron chi connectivity index (χ1n) is 5.65. The number of hydrogen-bond acceptors (Lipinski definition) is 4. The van der Waals surface area contributed by atoms with Crippen LogP contribution in [0.3, 0.4) is 0 Å². The van der Waals surface area contributed by atoms with Gasteiger partial charge in [-0.15, -0.1) is 11.3 Å². The van der Waals surface area contributed by atoms with E-state index >= 15 is 0 Å².